The third-order valence-electron chi connectivity index (χ3n) is 4.44. The Labute approximate surface area is 182 Å². The van der Waals surface area contributed by atoms with Crippen LogP contribution in [0.2, 0.25) is 0 Å². The molecule has 1 amide bonds. The number of ether oxygens (including phenoxy) is 1. The van der Waals surface area contributed by atoms with E-state index in [1.54, 1.807) is 48.5 Å². The van der Waals surface area contributed by atoms with E-state index < -0.39 is 0 Å². The van der Waals surface area contributed by atoms with E-state index in [4.69, 9.17) is 5.26 Å². The zero-order valence-electron chi connectivity index (χ0n) is 16.8. The van der Waals surface area contributed by atoms with E-state index in [9.17, 15) is 14.4 Å². The van der Waals surface area contributed by atoms with Crippen LogP contribution < -0.4 is 10.9 Å². The van der Waals surface area contributed by atoms with Crippen LogP contribution >= 0.6 is 11.8 Å². The summed E-state index contributed by atoms with van der Waals surface area (Å²) in [5.41, 5.74) is 1.32. The first-order valence-corrected chi connectivity index (χ1v) is 10.5. The van der Waals surface area contributed by atoms with Gasteiger partial charge >= 0.3 is 5.97 Å². The van der Waals surface area contributed by atoms with E-state index in [0.717, 1.165) is 11.8 Å². The molecule has 0 spiro atoms. The van der Waals surface area contributed by atoms with Crippen molar-refractivity contribution in [3.8, 4) is 11.8 Å². The quantitative estimate of drug-likeness (QED) is 0.250. The van der Waals surface area contributed by atoms with Crippen molar-refractivity contribution in [3.05, 3.63) is 64.4 Å². The average molecular weight is 436 g/mol. The predicted octanol–water partition coefficient (Wildman–Crippen LogP) is 2.42. The Morgan fingerprint density at radius 3 is 2.65 bits per heavy atom. The fourth-order valence-corrected chi connectivity index (χ4v) is 3.71. The summed E-state index contributed by atoms with van der Waals surface area (Å²) in [6.45, 7) is 0.349. The standard InChI is InChI=1S/C22H20N4O4S/c1-30-20(28)7-4-12-24-19(27)14-31-22-25-18-6-3-2-5-17(18)21(29)26(22)16-10-8-15(13-23)9-11-16/h2-3,5-6,8-11H,4,7,12,14H2,1H3,(H,24,27). The SMILES string of the molecule is COC(=O)CCCNC(=O)CSc1nc2ccccc2c(=O)n1-c1ccc(C#N)cc1. The molecule has 0 fully saturated rings. The molecule has 3 rings (SSSR count). The number of carbonyl (C=O) groups is 2. The van der Waals surface area contributed by atoms with E-state index in [0.29, 0.717) is 40.3 Å². The van der Waals surface area contributed by atoms with Crippen molar-refractivity contribution in [3.63, 3.8) is 0 Å². The van der Waals surface area contributed by atoms with Gasteiger partial charge in [-0.15, -0.1) is 0 Å². The largest absolute Gasteiger partial charge is 0.469 e. The molecule has 0 saturated carbocycles. The molecule has 31 heavy (non-hydrogen) atoms. The number of methoxy groups -OCH3 is 1. The molecular formula is C22H20N4O4S. The highest BCUT2D eigenvalue weighted by atomic mass is 32.2. The number of rotatable bonds is 8. The summed E-state index contributed by atoms with van der Waals surface area (Å²) in [6.07, 6.45) is 0.710. The highest BCUT2D eigenvalue weighted by Gasteiger charge is 2.15. The summed E-state index contributed by atoms with van der Waals surface area (Å²) < 4.78 is 6.01. The van der Waals surface area contributed by atoms with Crippen molar-refractivity contribution in [1.82, 2.24) is 14.9 Å². The van der Waals surface area contributed by atoms with Crippen molar-refractivity contribution in [2.24, 2.45) is 0 Å². The number of nitrogens with one attached hydrogen (secondary N) is 1. The number of hydrogen-bond acceptors (Lipinski definition) is 7. The van der Waals surface area contributed by atoms with Crippen LogP contribution in [0.4, 0.5) is 0 Å². The molecule has 0 aliphatic rings. The molecule has 0 bridgehead atoms. The molecular weight excluding hydrogens is 416 g/mol. The lowest BCUT2D eigenvalue weighted by Gasteiger charge is -2.13. The van der Waals surface area contributed by atoms with Crippen molar-refractivity contribution < 1.29 is 14.3 Å². The van der Waals surface area contributed by atoms with Crippen LogP contribution in [0.25, 0.3) is 16.6 Å². The second-order valence-electron chi connectivity index (χ2n) is 6.53. The number of nitrogens with zero attached hydrogens (tertiary/aromatic N) is 3. The predicted molar refractivity (Wildman–Crippen MR) is 117 cm³/mol. The molecule has 0 aliphatic carbocycles. The van der Waals surface area contributed by atoms with E-state index in [2.05, 4.69) is 15.0 Å². The Balaban J connectivity index is 1.82. The van der Waals surface area contributed by atoms with Crippen LogP contribution in [-0.4, -0.2) is 40.8 Å². The minimum Gasteiger partial charge on any atom is -0.469 e. The second kappa shape index (κ2) is 10.4. The zero-order valence-corrected chi connectivity index (χ0v) is 17.6. The van der Waals surface area contributed by atoms with Crippen LogP contribution in [-0.2, 0) is 14.3 Å². The van der Waals surface area contributed by atoms with Crippen LogP contribution in [0, 0.1) is 11.3 Å². The second-order valence-corrected chi connectivity index (χ2v) is 7.47. The van der Waals surface area contributed by atoms with Gasteiger partial charge in [0.05, 0.1) is 41.1 Å². The van der Waals surface area contributed by atoms with Crippen molar-refractivity contribution in [1.29, 1.82) is 5.26 Å². The summed E-state index contributed by atoms with van der Waals surface area (Å²) in [6, 6.07) is 15.7. The van der Waals surface area contributed by atoms with E-state index in [1.807, 2.05) is 6.07 Å². The van der Waals surface area contributed by atoms with Gasteiger partial charge in [-0.05, 0) is 42.8 Å². The molecule has 0 unspecified atom stereocenters. The van der Waals surface area contributed by atoms with Gasteiger partial charge in [-0.1, -0.05) is 23.9 Å². The molecule has 8 nitrogen and oxygen atoms in total. The third kappa shape index (κ3) is 5.49. The number of esters is 1. The molecule has 1 heterocycles. The number of fused-ring (bicyclic) bond motifs is 1. The number of benzene rings is 2. The monoisotopic (exact) mass is 436 g/mol. The molecule has 0 radical (unpaired) electrons. The van der Waals surface area contributed by atoms with E-state index >= 15 is 0 Å². The van der Waals surface area contributed by atoms with Gasteiger partial charge in [-0.25, -0.2) is 4.98 Å². The van der Waals surface area contributed by atoms with Crippen molar-refractivity contribution >= 4 is 34.5 Å². The van der Waals surface area contributed by atoms with Crippen molar-refractivity contribution in [2.75, 3.05) is 19.4 Å². The Bertz CT molecular complexity index is 1200. The molecule has 158 valence electrons. The van der Waals surface area contributed by atoms with Crippen LogP contribution in [0.1, 0.15) is 18.4 Å². The molecule has 0 atom stereocenters. The minimum atomic E-state index is -0.324. The molecule has 9 heteroatoms. The number of para-hydroxylation sites is 1. The molecule has 2 aromatic carbocycles. The number of amides is 1. The maximum Gasteiger partial charge on any atom is 0.305 e. The Hall–Kier alpha value is -3.64. The van der Waals surface area contributed by atoms with E-state index in [-0.39, 0.29) is 29.6 Å². The summed E-state index contributed by atoms with van der Waals surface area (Å²) in [7, 11) is 1.32. The maximum atomic E-state index is 13.2. The highest BCUT2D eigenvalue weighted by Crippen LogP contribution is 2.21. The number of hydrogen-bond donors (Lipinski definition) is 1. The van der Waals surface area contributed by atoms with Gasteiger partial charge in [-0.3, -0.25) is 19.0 Å². The van der Waals surface area contributed by atoms with Crippen LogP contribution in [0.3, 0.4) is 0 Å². The molecule has 0 saturated heterocycles. The Morgan fingerprint density at radius 2 is 1.94 bits per heavy atom. The van der Waals surface area contributed by atoms with Crippen molar-refractivity contribution in [2.45, 2.75) is 18.0 Å². The zero-order chi connectivity index (χ0) is 22.2. The Kier molecular flexibility index (Phi) is 7.40. The normalized spacial score (nSPS) is 10.5. The minimum absolute atomic E-state index is 0.0548. The highest BCUT2D eigenvalue weighted by molar-refractivity contribution is 7.99. The van der Waals surface area contributed by atoms with Gasteiger partial charge in [0, 0.05) is 13.0 Å². The molecule has 1 N–H and O–H groups in total. The maximum absolute atomic E-state index is 13.2. The molecule has 1 aromatic heterocycles. The number of aromatic nitrogens is 2. The van der Waals surface area contributed by atoms with Gasteiger partial charge in [0.25, 0.3) is 5.56 Å². The number of nitriles is 1. The first-order valence-electron chi connectivity index (χ1n) is 9.52. The summed E-state index contributed by atoms with van der Waals surface area (Å²) >= 11 is 1.14. The summed E-state index contributed by atoms with van der Waals surface area (Å²) in [5.74, 6) is -0.502. The van der Waals surface area contributed by atoms with Gasteiger partial charge < -0.3 is 10.1 Å². The first kappa shape index (κ1) is 22.1. The first-order chi connectivity index (χ1) is 15.0. The van der Waals surface area contributed by atoms with Gasteiger partial charge in [0.15, 0.2) is 5.16 Å². The third-order valence-corrected chi connectivity index (χ3v) is 5.38. The summed E-state index contributed by atoms with van der Waals surface area (Å²) in [5, 5.41) is 12.6. The fraction of sp³-hybridized carbons (Fsp3) is 0.227. The molecule has 0 aliphatic heterocycles. The smallest absolute Gasteiger partial charge is 0.305 e. The lowest BCUT2D eigenvalue weighted by molar-refractivity contribution is -0.140. The molecule has 3 aromatic rings. The van der Waals surface area contributed by atoms with E-state index in [1.165, 1.54) is 11.7 Å². The lowest BCUT2D eigenvalue weighted by Crippen LogP contribution is -2.27. The number of carbonyl (C=O) groups excluding carboxylic acids is 2. The van der Waals surface area contributed by atoms with Gasteiger partial charge in [0.1, 0.15) is 0 Å². The Morgan fingerprint density at radius 1 is 1.19 bits per heavy atom. The average Bonchev–Trinajstić information content (AvgIpc) is 2.80. The lowest BCUT2D eigenvalue weighted by atomic mass is 10.2. The summed E-state index contributed by atoms with van der Waals surface area (Å²) in [4.78, 5) is 41.1. The fourth-order valence-electron chi connectivity index (χ4n) is 2.87. The van der Waals surface area contributed by atoms with Gasteiger partial charge in [0.2, 0.25) is 5.91 Å². The van der Waals surface area contributed by atoms with Crippen LogP contribution in [0.15, 0.2) is 58.5 Å². The number of thioether (sulfide) groups is 1. The van der Waals surface area contributed by atoms with Crippen LogP contribution in [0.5, 0.6) is 0 Å². The topological polar surface area (TPSA) is 114 Å². The van der Waals surface area contributed by atoms with Gasteiger partial charge in [-0.2, -0.15) is 5.26 Å².